The maximum atomic E-state index is 11.2. The van der Waals surface area contributed by atoms with Crippen LogP contribution in [0.5, 0.6) is 0 Å². The second kappa shape index (κ2) is 9.67. The molecule has 0 aromatic carbocycles. The Hall–Kier alpha value is -1.34. The van der Waals surface area contributed by atoms with Gasteiger partial charge in [-0.3, -0.25) is 4.79 Å². The van der Waals surface area contributed by atoms with Crippen molar-refractivity contribution in [3.05, 3.63) is 0 Å². The molecule has 0 saturated carbocycles. The molecule has 0 heterocycles. The lowest BCUT2D eigenvalue weighted by atomic mass is 10.4. The van der Waals surface area contributed by atoms with Gasteiger partial charge in [-0.2, -0.15) is 0 Å². The van der Waals surface area contributed by atoms with E-state index in [2.05, 4.69) is 4.74 Å². The Morgan fingerprint density at radius 3 is 2.28 bits per heavy atom. The molecule has 2 unspecified atom stereocenters. The van der Waals surface area contributed by atoms with Crippen LogP contribution < -0.4 is 0 Å². The van der Waals surface area contributed by atoms with Crippen LogP contribution in [0.15, 0.2) is 0 Å². The first kappa shape index (κ1) is 16.7. The highest BCUT2D eigenvalue weighted by molar-refractivity contribution is 5.66. The summed E-state index contributed by atoms with van der Waals surface area (Å²) >= 11 is 0. The van der Waals surface area contributed by atoms with E-state index in [1.54, 1.807) is 13.8 Å². The number of carbonyl (C=O) groups is 2. The number of aliphatic hydroxyl groups excluding tert-OH is 1. The largest absolute Gasteiger partial charge is 0.508 e. The average molecular weight is 264 g/mol. The van der Waals surface area contributed by atoms with Crippen LogP contribution in [0.1, 0.15) is 20.8 Å². The van der Waals surface area contributed by atoms with Crippen molar-refractivity contribution >= 4 is 12.1 Å². The Morgan fingerprint density at radius 1 is 1.11 bits per heavy atom. The van der Waals surface area contributed by atoms with Crippen LogP contribution in [0.2, 0.25) is 0 Å². The van der Waals surface area contributed by atoms with E-state index in [1.165, 1.54) is 6.92 Å². The van der Waals surface area contributed by atoms with Crippen molar-refractivity contribution in [2.24, 2.45) is 0 Å². The number of ether oxygens (including phenoxy) is 4. The Bertz CT molecular complexity index is 254. The smallest absolute Gasteiger partial charge is 0.462 e. The molecule has 18 heavy (non-hydrogen) atoms. The molecule has 7 nitrogen and oxygen atoms in total. The SMILES string of the molecule is CC(=O)OCC(C)OC(=O)OCC(C)OCCO. The lowest BCUT2D eigenvalue weighted by Gasteiger charge is -2.15. The van der Waals surface area contributed by atoms with E-state index in [0.29, 0.717) is 0 Å². The molecule has 0 rings (SSSR count). The maximum Gasteiger partial charge on any atom is 0.508 e. The van der Waals surface area contributed by atoms with E-state index in [9.17, 15) is 9.59 Å². The molecule has 0 aliphatic heterocycles. The van der Waals surface area contributed by atoms with E-state index in [1.807, 2.05) is 0 Å². The summed E-state index contributed by atoms with van der Waals surface area (Å²) in [5.41, 5.74) is 0. The fraction of sp³-hybridized carbons (Fsp3) is 0.818. The molecule has 0 aliphatic carbocycles. The number of rotatable bonds is 8. The summed E-state index contributed by atoms with van der Waals surface area (Å²) in [5.74, 6) is -0.440. The quantitative estimate of drug-likeness (QED) is 0.638. The van der Waals surface area contributed by atoms with Crippen molar-refractivity contribution in [3.63, 3.8) is 0 Å². The normalized spacial score (nSPS) is 13.6. The minimum absolute atomic E-state index is 0.0129. The molecule has 0 bridgehead atoms. The van der Waals surface area contributed by atoms with Crippen LogP contribution >= 0.6 is 0 Å². The summed E-state index contributed by atoms with van der Waals surface area (Å²) in [6, 6.07) is 0. The molecule has 2 atom stereocenters. The molecule has 0 aromatic rings. The third-order valence-electron chi connectivity index (χ3n) is 1.75. The molecular formula is C11H20O7. The molecule has 7 heteroatoms. The Balaban J connectivity index is 3.66. The highest BCUT2D eigenvalue weighted by Gasteiger charge is 2.13. The number of aliphatic hydroxyl groups is 1. The van der Waals surface area contributed by atoms with Gasteiger partial charge in [-0.25, -0.2) is 4.79 Å². The van der Waals surface area contributed by atoms with Gasteiger partial charge in [0.2, 0.25) is 0 Å². The molecule has 0 amide bonds. The van der Waals surface area contributed by atoms with Crippen LogP contribution in [0.4, 0.5) is 4.79 Å². The lowest BCUT2D eigenvalue weighted by molar-refractivity contribution is -0.144. The first-order valence-electron chi connectivity index (χ1n) is 5.65. The Kier molecular flexibility index (Phi) is 8.95. The summed E-state index contributed by atoms with van der Waals surface area (Å²) < 4.78 is 19.3. The van der Waals surface area contributed by atoms with Gasteiger partial charge >= 0.3 is 12.1 Å². The topological polar surface area (TPSA) is 91.3 Å². The Labute approximate surface area is 106 Å². The monoisotopic (exact) mass is 264 g/mol. The van der Waals surface area contributed by atoms with Gasteiger partial charge in [0.25, 0.3) is 0 Å². The predicted octanol–water partition coefficient (Wildman–Crippen LogP) is 0.489. The standard InChI is InChI=1S/C11H20O7/c1-8(15-5-4-12)6-17-11(14)18-9(2)7-16-10(3)13/h8-9,12H,4-7H2,1-3H3. The number of carbonyl (C=O) groups excluding carboxylic acids is 2. The Morgan fingerprint density at radius 2 is 1.72 bits per heavy atom. The lowest BCUT2D eigenvalue weighted by Crippen LogP contribution is -2.25. The van der Waals surface area contributed by atoms with Gasteiger partial charge in [0.1, 0.15) is 19.3 Å². The van der Waals surface area contributed by atoms with Gasteiger partial charge < -0.3 is 24.1 Å². The fourth-order valence-corrected chi connectivity index (χ4v) is 0.954. The number of hydrogen-bond donors (Lipinski definition) is 1. The van der Waals surface area contributed by atoms with Gasteiger partial charge in [-0.15, -0.1) is 0 Å². The van der Waals surface area contributed by atoms with Gasteiger partial charge in [-0.05, 0) is 13.8 Å². The third-order valence-corrected chi connectivity index (χ3v) is 1.75. The minimum atomic E-state index is -0.853. The van der Waals surface area contributed by atoms with Crippen LogP contribution in [0, 0.1) is 0 Å². The van der Waals surface area contributed by atoms with Gasteiger partial charge in [0.15, 0.2) is 0 Å². The summed E-state index contributed by atoms with van der Waals surface area (Å²) in [6.07, 6.45) is -1.75. The molecule has 0 spiro atoms. The zero-order chi connectivity index (χ0) is 14.0. The van der Waals surface area contributed by atoms with Crippen molar-refractivity contribution in [2.75, 3.05) is 26.4 Å². The first-order chi connectivity index (χ1) is 8.45. The zero-order valence-electron chi connectivity index (χ0n) is 10.9. The highest BCUT2D eigenvalue weighted by atomic mass is 16.7. The van der Waals surface area contributed by atoms with E-state index in [0.717, 1.165) is 0 Å². The summed E-state index contributed by atoms with van der Waals surface area (Å²) in [7, 11) is 0. The van der Waals surface area contributed by atoms with Crippen LogP contribution in [0.25, 0.3) is 0 Å². The maximum absolute atomic E-state index is 11.2. The van der Waals surface area contributed by atoms with E-state index >= 15 is 0 Å². The van der Waals surface area contributed by atoms with Crippen molar-refractivity contribution in [3.8, 4) is 0 Å². The predicted molar refractivity (Wildman–Crippen MR) is 61.0 cm³/mol. The second-order valence-corrected chi connectivity index (χ2v) is 3.70. The van der Waals surface area contributed by atoms with Crippen molar-refractivity contribution in [1.29, 1.82) is 0 Å². The molecule has 1 N–H and O–H groups in total. The molecule has 0 fully saturated rings. The molecule has 0 aliphatic rings. The van der Waals surface area contributed by atoms with Crippen molar-refractivity contribution < 1.29 is 33.6 Å². The summed E-state index contributed by atoms with van der Waals surface area (Å²) in [4.78, 5) is 21.7. The third kappa shape index (κ3) is 9.86. The molecule has 0 aromatic heterocycles. The molecule has 106 valence electrons. The second-order valence-electron chi connectivity index (χ2n) is 3.70. The van der Waals surface area contributed by atoms with Gasteiger partial charge in [-0.1, -0.05) is 0 Å². The van der Waals surface area contributed by atoms with Crippen LogP contribution in [0.3, 0.4) is 0 Å². The number of esters is 1. The first-order valence-corrected chi connectivity index (χ1v) is 5.65. The van der Waals surface area contributed by atoms with Gasteiger partial charge in [0.05, 0.1) is 19.3 Å². The van der Waals surface area contributed by atoms with Crippen molar-refractivity contribution in [2.45, 2.75) is 33.0 Å². The minimum Gasteiger partial charge on any atom is -0.462 e. The van der Waals surface area contributed by atoms with E-state index in [-0.39, 0.29) is 32.5 Å². The van der Waals surface area contributed by atoms with Crippen LogP contribution in [-0.2, 0) is 23.7 Å². The zero-order valence-corrected chi connectivity index (χ0v) is 10.9. The van der Waals surface area contributed by atoms with E-state index in [4.69, 9.17) is 19.3 Å². The molecular weight excluding hydrogens is 244 g/mol. The van der Waals surface area contributed by atoms with Crippen LogP contribution in [-0.4, -0.2) is 55.9 Å². The van der Waals surface area contributed by atoms with Crippen molar-refractivity contribution in [1.82, 2.24) is 0 Å². The molecule has 0 saturated heterocycles. The number of hydrogen-bond acceptors (Lipinski definition) is 7. The summed E-state index contributed by atoms with van der Waals surface area (Å²) in [5, 5.41) is 8.52. The fourth-order valence-electron chi connectivity index (χ4n) is 0.954. The summed E-state index contributed by atoms with van der Waals surface area (Å²) in [6.45, 7) is 4.66. The average Bonchev–Trinajstić information content (AvgIpc) is 2.31. The highest BCUT2D eigenvalue weighted by Crippen LogP contribution is 1.98. The van der Waals surface area contributed by atoms with Gasteiger partial charge in [0, 0.05) is 6.92 Å². The van der Waals surface area contributed by atoms with E-state index < -0.39 is 18.2 Å². The molecule has 0 radical (unpaired) electrons.